The second kappa shape index (κ2) is 6.91. The second-order valence-electron chi connectivity index (χ2n) is 6.86. The van der Waals surface area contributed by atoms with E-state index in [1.54, 1.807) is 0 Å². The molecule has 1 aliphatic rings. The molecule has 0 spiro atoms. The Morgan fingerprint density at radius 2 is 1.67 bits per heavy atom. The van der Waals surface area contributed by atoms with Gasteiger partial charge < -0.3 is 10.1 Å². The lowest BCUT2D eigenvalue weighted by Crippen LogP contribution is -2.48. The molecule has 1 rings (SSSR count). The molecular formula is C16H33NO. The first-order valence-electron chi connectivity index (χ1n) is 7.72. The van der Waals surface area contributed by atoms with E-state index in [2.05, 4.69) is 39.9 Å². The Kier molecular flexibility index (Phi) is 6.13. The number of ether oxygens (including phenoxy) is 1. The van der Waals surface area contributed by atoms with Crippen LogP contribution in [-0.4, -0.2) is 25.3 Å². The summed E-state index contributed by atoms with van der Waals surface area (Å²) in [5.74, 6) is 2.31. The van der Waals surface area contributed by atoms with Crippen molar-refractivity contribution in [3.63, 3.8) is 0 Å². The summed E-state index contributed by atoms with van der Waals surface area (Å²) in [5, 5.41) is 3.34. The average molecular weight is 255 g/mol. The molecule has 18 heavy (non-hydrogen) atoms. The van der Waals surface area contributed by atoms with Gasteiger partial charge in [-0.25, -0.2) is 0 Å². The zero-order valence-corrected chi connectivity index (χ0v) is 13.3. The highest BCUT2D eigenvalue weighted by Gasteiger charge is 2.38. The van der Waals surface area contributed by atoms with E-state index in [1.807, 2.05) is 7.05 Å². The lowest BCUT2D eigenvalue weighted by atomic mass is 9.74. The summed E-state index contributed by atoms with van der Waals surface area (Å²) in [7, 11) is 2.04. The van der Waals surface area contributed by atoms with Crippen LogP contribution in [0.3, 0.4) is 0 Å². The van der Waals surface area contributed by atoms with Crippen molar-refractivity contribution in [3.8, 4) is 0 Å². The zero-order chi connectivity index (χ0) is 13.8. The molecular weight excluding hydrogens is 222 g/mol. The van der Waals surface area contributed by atoms with Crippen molar-refractivity contribution in [2.75, 3.05) is 13.6 Å². The van der Waals surface area contributed by atoms with Gasteiger partial charge in [0, 0.05) is 6.54 Å². The molecule has 1 N–H and O–H groups in total. The van der Waals surface area contributed by atoms with Crippen molar-refractivity contribution in [3.05, 3.63) is 0 Å². The highest BCUT2D eigenvalue weighted by molar-refractivity contribution is 4.90. The van der Waals surface area contributed by atoms with Crippen LogP contribution < -0.4 is 5.32 Å². The molecule has 0 amide bonds. The van der Waals surface area contributed by atoms with Gasteiger partial charge in [0.25, 0.3) is 0 Å². The van der Waals surface area contributed by atoms with Crippen molar-refractivity contribution < 1.29 is 4.74 Å². The van der Waals surface area contributed by atoms with E-state index in [1.165, 1.54) is 25.7 Å². The van der Waals surface area contributed by atoms with Crippen molar-refractivity contribution in [1.82, 2.24) is 5.32 Å². The molecule has 0 aliphatic heterocycles. The van der Waals surface area contributed by atoms with E-state index in [9.17, 15) is 0 Å². The van der Waals surface area contributed by atoms with Gasteiger partial charge >= 0.3 is 0 Å². The second-order valence-corrected chi connectivity index (χ2v) is 6.86. The predicted molar refractivity (Wildman–Crippen MR) is 78.8 cm³/mol. The molecule has 1 fully saturated rings. The third-order valence-corrected chi connectivity index (χ3v) is 4.76. The molecule has 1 unspecified atom stereocenters. The lowest BCUT2D eigenvalue weighted by molar-refractivity contribution is -0.126. The summed E-state index contributed by atoms with van der Waals surface area (Å²) in [5.41, 5.74) is 0.0871. The average Bonchev–Trinajstić information content (AvgIpc) is 2.29. The van der Waals surface area contributed by atoms with Crippen molar-refractivity contribution in [1.29, 1.82) is 0 Å². The highest BCUT2D eigenvalue weighted by atomic mass is 16.5. The van der Waals surface area contributed by atoms with Crippen LogP contribution in [0, 0.1) is 17.8 Å². The minimum Gasteiger partial charge on any atom is -0.370 e. The first-order chi connectivity index (χ1) is 8.40. The minimum atomic E-state index is 0.0871. The topological polar surface area (TPSA) is 21.3 Å². The van der Waals surface area contributed by atoms with Gasteiger partial charge in [-0.3, -0.25) is 0 Å². The molecule has 0 saturated heterocycles. The predicted octanol–water partition coefficient (Wildman–Crippen LogP) is 3.85. The summed E-state index contributed by atoms with van der Waals surface area (Å²) in [6, 6.07) is 0. The SMILES string of the molecule is CNCC1(OC(C)C(C)C)CCC(C(C)C)CC1. The van der Waals surface area contributed by atoms with Crippen molar-refractivity contribution in [2.24, 2.45) is 17.8 Å². The first kappa shape index (κ1) is 16.0. The van der Waals surface area contributed by atoms with Crippen LogP contribution in [0.4, 0.5) is 0 Å². The van der Waals surface area contributed by atoms with Gasteiger partial charge in [-0.2, -0.15) is 0 Å². The lowest BCUT2D eigenvalue weighted by Gasteiger charge is -2.43. The number of hydrogen-bond acceptors (Lipinski definition) is 2. The molecule has 0 heterocycles. The van der Waals surface area contributed by atoms with Gasteiger partial charge in [0.05, 0.1) is 11.7 Å². The largest absolute Gasteiger partial charge is 0.370 e. The molecule has 0 radical (unpaired) electrons. The maximum absolute atomic E-state index is 6.45. The monoisotopic (exact) mass is 255 g/mol. The quantitative estimate of drug-likeness (QED) is 0.778. The van der Waals surface area contributed by atoms with E-state index in [0.29, 0.717) is 12.0 Å². The molecule has 2 nitrogen and oxygen atoms in total. The van der Waals surface area contributed by atoms with E-state index in [4.69, 9.17) is 4.74 Å². The molecule has 1 saturated carbocycles. The molecule has 0 bridgehead atoms. The Labute approximate surface area is 114 Å². The summed E-state index contributed by atoms with van der Waals surface area (Å²) in [4.78, 5) is 0. The maximum Gasteiger partial charge on any atom is 0.0810 e. The standard InChI is InChI=1S/C16H33NO/c1-12(2)14(5)18-16(11-17-6)9-7-15(8-10-16)13(3)4/h12-15,17H,7-11H2,1-6H3. The van der Waals surface area contributed by atoms with Gasteiger partial charge in [-0.1, -0.05) is 27.7 Å². The Hall–Kier alpha value is -0.0800. The highest BCUT2D eigenvalue weighted by Crippen LogP contribution is 2.39. The normalized spacial score (nSPS) is 31.0. The fourth-order valence-electron chi connectivity index (χ4n) is 3.02. The Morgan fingerprint density at radius 3 is 2.06 bits per heavy atom. The minimum absolute atomic E-state index is 0.0871. The summed E-state index contributed by atoms with van der Waals surface area (Å²) >= 11 is 0. The molecule has 0 aromatic heterocycles. The maximum atomic E-state index is 6.45. The van der Waals surface area contributed by atoms with Crippen LogP contribution >= 0.6 is 0 Å². The first-order valence-corrected chi connectivity index (χ1v) is 7.72. The summed E-state index contributed by atoms with van der Waals surface area (Å²) < 4.78 is 6.45. The summed E-state index contributed by atoms with van der Waals surface area (Å²) in [6.45, 7) is 12.4. The van der Waals surface area contributed by atoms with Crippen molar-refractivity contribution >= 4 is 0 Å². The van der Waals surface area contributed by atoms with Crippen molar-refractivity contribution in [2.45, 2.75) is 72.0 Å². The molecule has 0 aromatic carbocycles. The Morgan fingerprint density at radius 1 is 1.11 bits per heavy atom. The van der Waals surface area contributed by atoms with E-state index >= 15 is 0 Å². The fraction of sp³-hybridized carbons (Fsp3) is 1.00. The van der Waals surface area contributed by atoms with E-state index < -0.39 is 0 Å². The van der Waals surface area contributed by atoms with Crippen LogP contribution in [0.15, 0.2) is 0 Å². The number of likely N-dealkylation sites (N-methyl/N-ethyl adjacent to an activating group) is 1. The van der Waals surface area contributed by atoms with Crippen LogP contribution in [-0.2, 0) is 4.74 Å². The molecule has 1 atom stereocenters. The number of nitrogens with one attached hydrogen (secondary N) is 1. The summed E-state index contributed by atoms with van der Waals surface area (Å²) in [6.07, 6.45) is 5.43. The molecule has 1 aliphatic carbocycles. The smallest absolute Gasteiger partial charge is 0.0810 e. The van der Waals surface area contributed by atoms with E-state index in [0.717, 1.165) is 18.4 Å². The van der Waals surface area contributed by atoms with Gasteiger partial charge in [0.2, 0.25) is 0 Å². The number of rotatable bonds is 6. The third kappa shape index (κ3) is 4.24. The van der Waals surface area contributed by atoms with Crippen LogP contribution in [0.25, 0.3) is 0 Å². The fourth-order valence-corrected chi connectivity index (χ4v) is 3.02. The zero-order valence-electron chi connectivity index (χ0n) is 13.3. The van der Waals surface area contributed by atoms with Crippen LogP contribution in [0.1, 0.15) is 60.3 Å². The Bertz CT molecular complexity index is 229. The molecule has 2 heteroatoms. The van der Waals surface area contributed by atoms with E-state index in [-0.39, 0.29) is 5.60 Å². The van der Waals surface area contributed by atoms with Gasteiger partial charge in [-0.05, 0) is 57.4 Å². The molecule has 108 valence electrons. The van der Waals surface area contributed by atoms with Crippen LogP contribution in [0.2, 0.25) is 0 Å². The van der Waals surface area contributed by atoms with Crippen LogP contribution in [0.5, 0.6) is 0 Å². The number of hydrogen-bond donors (Lipinski definition) is 1. The third-order valence-electron chi connectivity index (χ3n) is 4.76. The van der Waals surface area contributed by atoms with Gasteiger partial charge in [0.1, 0.15) is 0 Å². The Balaban J connectivity index is 2.60. The molecule has 0 aromatic rings. The van der Waals surface area contributed by atoms with Gasteiger partial charge in [-0.15, -0.1) is 0 Å². The van der Waals surface area contributed by atoms with Gasteiger partial charge in [0.15, 0.2) is 0 Å².